The summed E-state index contributed by atoms with van der Waals surface area (Å²) >= 11 is 0. The van der Waals surface area contributed by atoms with Crippen LogP contribution in [0.4, 0.5) is 0 Å². The maximum Gasteiger partial charge on any atom is 0.330 e. The average Bonchev–Trinajstić information content (AvgIpc) is 2.91. The van der Waals surface area contributed by atoms with Crippen LogP contribution in [-0.4, -0.2) is 43.0 Å². The third-order valence-corrected chi connectivity index (χ3v) is 6.58. The predicted octanol–water partition coefficient (Wildman–Crippen LogP) is 3.46. The van der Waals surface area contributed by atoms with Gasteiger partial charge in [0.15, 0.2) is 11.2 Å². The number of hydrogen-bond donors (Lipinski definition) is 1. The van der Waals surface area contributed by atoms with Crippen LogP contribution in [0, 0.1) is 5.92 Å². The summed E-state index contributed by atoms with van der Waals surface area (Å²) in [6, 6.07) is 0.321. The molecule has 0 saturated heterocycles. The van der Waals surface area contributed by atoms with E-state index in [-0.39, 0.29) is 5.91 Å². The number of H-pyrrole nitrogens is 1. The van der Waals surface area contributed by atoms with Crippen LogP contribution in [0.15, 0.2) is 9.59 Å². The standard InChI is InChI=1S/C24H39N5O3/c1-5-6-15-28-22-21(23(31)26-24(28)32)29(16-17(2)3)19(25-22)13-14-20(30)27(4)18-11-9-7-8-10-12-18/h17-18H,5-16H2,1-4H3,(H,26,31,32). The van der Waals surface area contributed by atoms with Gasteiger partial charge in [0.05, 0.1) is 0 Å². The van der Waals surface area contributed by atoms with Gasteiger partial charge in [-0.2, -0.15) is 0 Å². The molecule has 0 bridgehead atoms. The van der Waals surface area contributed by atoms with Gasteiger partial charge in [-0.05, 0) is 25.2 Å². The number of hydrogen-bond acceptors (Lipinski definition) is 4. The Kier molecular flexibility index (Phi) is 8.32. The minimum atomic E-state index is -0.416. The number of rotatable bonds is 9. The van der Waals surface area contributed by atoms with Crippen molar-refractivity contribution in [2.75, 3.05) is 7.05 Å². The Hall–Kier alpha value is -2.38. The van der Waals surface area contributed by atoms with Gasteiger partial charge < -0.3 is 9.47 Å². The van der Waals surface area contributed by atoms with Crippen LogP contribution in [-0.2, 0) is 24.3 Å². The molecule has 1 N–H and O–H groups in total. The summed E-state index contributed by atoms with van der Waals surface area (Å²) in [4.78, 5) is 47.3. The van der Waals surface area contributed by atoms with Crippen molar-refractivity contribution in [3.63, 3.8) is 0 Å². The molecule has 1 amide bonds. The van der Waals surface area contributed by atoms with Crippen LogP contribution in [0.2, 0.25) is 0 Å². The van der Waals surface area contributed by atoms with E-state index in [0.29, 0.717) is 54.9 Å². The first-order valence-corrected chi connectivity index (χ1v) is 12.3. The van der Waals surface area contributed by atoms with Crippen molar-refractivity contribution < 1.29 is 4.79 Å². The lowest BCUT2D eigenvalue weighted by Crippen LogP contribution is -2.37. The number of fused-ring (bicyclic) bond motifs is 1. The van der Waals surface area contributed by atoms with Crippen LogP contribution in [0.25, 0.3) is 11.2 Å². The van der Waals surface area contributed by atoms with E-state index in [1.807, 2.05) is 16.5 Å². The van der Waals surface area contributed by atoms with Crippen molar-refractivity contribution >= 4 is 17.1 Å². The molecule has 3 rings (SSSR count). The third-order valence-electron chi connectivity index (χ3n) is 6.58. The quantitative estimate of drug-likeness (QED) is 0.598. The molecule has 8 nitrogen and oxygen atoms in total. The van der Waals surface area contributed by atoms with Crippen molar-refractivity contribution in [3.05, 3.63) is 26.7 Å². The monoisotopic (exact) mass is 445 g/mol. The third kappa shape index (κ3) is 5.51. The van der Waals surface area contributed by atoms with Gasteiger partial charge in [-0.25, -0.2) is 9.78 Å². The molecule has 178 valence electrons. The van der Waals surface area contributed by atoms with Gasteiger partial charge in [-0.1, -0.05) is 52.9 Å². The van der Waals surface area contributed by atoms with Crippen LogP contribution in [0.3, 0.4) is 0 Å². The lowest BCUT2D eigenvalue weighted by Gasteiger charge is -2.27. The van der Waals surface area contributed by atoms with E-state index >= 15 is 0 Å². The lowest BCUT2D eigenvalue weighted by atomic mass is 10.1. The van der Waals surface area contributed by atoms with E-state index in [1.54, 1.807) is 4.57 Å². The normalized spacial score (nSPS) is 15.4. The Morgan fingerprint density at radius 2 is 1.84 bits per heavy atom. The molecule has 0 spiro atoms. The fourth-order valence-corrected chi connectivity index (χ4v) is 4.74. The highest BCUT2D eigenvalue weighted by Gasteiger charge is 2.23. The first-order chi connectivity index (χ1) is 15.3. The van der Waals surface area contributed by atoms with E-state index in [2.05, 4.69) is 25.8 Å². The number of aromatic amines is 1. The molecule has 0 atom stereocenters. The number of amides is 1. The number of unbranched alkanes of at least 4 members (excludes halogenated alkanes) is 1. The Labute approximate surface area is 190 Å². The summed E-state index contributed by atoms with van der Waals surface area (Å²) in [5.41, 5.74) is 0.0568. The van der Waals surface area contributed by atoms with Crippen molar-refractivity contribution in [2.24, 2.45) is 5.92 Å². The topological polar surface area (TPSA) is 93.0 Å². The number of aromatic nitrogens is 4. The maximum atomic E-state index is 13.0. The highest BCUT2D eigenvalue weighted by atomic mass is 16.2. The smallest absolute Gasteiger partial charge is 0.330 e. The number of imidazole rings is 1. The number of carbonyl (C=O) groups is 1. The molecule has 1 saturated carbocycles. The highest BCUT2D eigenvalue weighted by Crippen LogP contribution is 2.22. The summed E-state index contributed by atoms with van der Waals surface area (Å²) in [6.45, 7) is 7.37. The zero-order chi connectivity index (χ0) is 23.3. The van der Waals surface area contributed by atoms with Crippen molar-refractivity contribution in [3.8, 4) is 0 Å². The molecule has 1 fully saturated rings. The molecule has 0 aliphatic heterocycles. The number of aryl methyl sites for hydroxylation is 2. The summed E-state index contributed by atoms with van der Waals surface area (Å²) < 4.78 is 3.49. The first kappa shape index (κ1) is 24.3. The van der Waals surface area contributed by atoms with Gasteiger partial charge in [0.1, 0.15) is 5.82 Å². The van der Waals surface area contributed by atoms with Crippen molar-refractivity contribution in [1.29, 1.82) is 0 Å². The zero-order valence-corrected chi connectivity index (χ0v) is 20.2. The molecule has 0 radical (unpaired) electrons. The van der Waals surface area contributed by atoms with Crippen molar-refractivity contribution in [2.45, 2.75) is 104 Å². The van der Waals surface area contributed by atoms with Gasteiger partial charge in [0.2, 0.25) is 5.91 Å². The average molecular weight is 446 g/mol. The van der Waals surface area contributed by atoms with E-state index in [4.69, 9.17) is 4.98 Å². The van der Waals surface area contributed by atoms with Crippen LogP contribution in [0.1, 0.15) is 84.4 Å². The van der Waals surface area contributed by atoms with E-state index in [1.165, 1.54) is 25.7 Å². The second-order valence-corrected chi connectivity index (χ2v) is 9.62. The van der Waals surface area contributed by atoms with Crippen molar-refractivity contribution in [1.82, 2.24) is 24.0 Å². The van der Waals surface area contributed by atoms with E-state index in [9.17, 15) is 14.4 Å². The minimum absolute atomic E-state index is 0.123. The Morgan fingerprint density at radius 1 is 1.16 bits per heavy atom. The predicted molar refractivity (Wildman–Crippen MR) is 127 cm³/mol. The molecule has 2 aromatic rings. The molecule has 32 heavy (non-hydrogen) atoms. The van der Waals surface area contributed by atoms with Crippen LogP contribution < -0.4 is 11.2 Å². The number of nitrogens with zero attached hydrogens (tertiary/aromatic N) is 4. The molecule has 0 unspecified atom stereocenters. The van der Waals surface area contributed by atoms with E-state index in [0.717, 1.165) is 25.7 Å². The summed E-state index contributed by atoms with van der Waals surface area (Å²) in [6.07, 6.45) is 9.62. The summed E-state index contributed by atoms with van der Waals surface area (Å²) in [5.74, 6) is 1.13. The maximum absolute atomic E-state index is 13.0. The molecule has 1 aliphatic rings. The SMILES string of the molecule is CCCCn1c(=O)[nH]c(=O)c2c1nc(CCC(=O)N(C)C1CCCCCC1)n2CC(C)C. The fourth-order valence-electron chi connectivity index (χ4n) is 4.74. The molecular formula is C24H39N5O3. The van der Waals surface area contributed by atoms with Gasteiger partial charge in [0.25, 0.3) is 5.56 Å². The molecule has 8 heteroatoms. The highest BCUT2D eigenvalue weighted by molar-refractivity contribution is 5.77. The molecular weight excluding hydrogens is 406 g/mol. The van der Waals surface area contributed by atoms with Gasteiger partial charge in [-0.3, -0.25) is 19.1 Å². The van der Waals surface area contributed by atoms with Crippen LogP contribution in [0.5, 0.6) is 0 Å². The van der Waals surface area contributed by atoms with Crippen LogP contribution >= 0.6 is 0 Å². The first-order valence-electron chi connectivity index (χ1n) is 12.3. The van der Waals surface area contributed by atoms with E-state index < -0.39 is 11.2 Å². The Balaban J connectivity index is 1.89. The summed E-state index contributed by atoms with van der Waals surface area (Å²) in [5, 5.41) is 0. The van der Waals surface area contributed by atoms with Gasteiger partial charge in [0, 0.05) is 39.0 Å². The minimum Gasteiger partial charge on any atom is -0.343 e. The molecule has 1 aliphatic carbocycles. The zero-order valence-electron chi connectivity index (χ0n) is 20.2. The van der Waals surface area contributed by atoms with Gasteiger partial charge in [-0.15, -0.1) is 0 Å². The Morgan fingerprint density at radius 3 is 2.47 bits per heavy atom. The lowest BCUT2D eigenvalue weighted by molar-refractivity contribution is -0.132. The second-order valence-electron chi connectivity index (χ2n) is 9.62. The number of nitrogens with one attached hydrogen (secondary N) is 1. The Bertz CT molecular complexity index is 1020. The number of carbonyl (C=O) groups excluding carboxylic acids is 1. The molecule has 2 heterocycles. The molecule has 2 aromatic heterocycles. The molecule has 0 aromatic carbocycles. The largest absolute Gasteiger partial charge is 0.343 e. The second kappa shape index (κ2) is 11.0. The fraction of sp³-hybridized carbons (Fsp3) is 0.750. The van der Waals surface area contributed by atoms with Gasteiger partial charge >= 0.3 is 5.69 Å². The summed E-state index contributed by atoms with van der Waals surface area (Å²) in [7, 11) is 1.92.